The molecule has 8 bridgehead atoms. The molecular weight excluding hydrogens is 1430 g/mol. The summed E-state index contributed by atoms with van der Waals surface area (Å²) in [6.45, 7) is 12.5. The van der Waals surface area contributed by atoms with Crippen molar-refractivity contribution < 1.29 is 62.5 Å². The lowest BCUT2D eigenvalue weighted by atomic mass is 9.90. The number of anilines is 4. The molecule has 24 nitrogen and oxygen atoms in total. The first kappa shape index (κ1) is 82.2. The van der Waals surface area contributed by atoms with Crippen LogP contribution in [0.4, 0.5) is 22.9 Å². The Balaban J connectivity index is 0.000000258. The van der Waals surface area contributed by atoms with E-state index in [1.165, 1.54) is 13.8 Å². The van der Waals surface area contributed by atoms with Gasteiger partial charge in [-0.1, -0.05) is 155 Å². The fourth-order valence-electron chi connectivity index (χ4n) is 12.5. The van der Waals surface area contributed by atoms with Crippen molar-refractivity contribution in [3.63, 3.8) is 0 Å². The Hall–Kier alpha value is -13.3. The van der Waals surface area contributed by atoms with Gasteiger partial charge in [0.05, 0.1) is 87.0 Å². The molecule has 3 atom stereocenters. The molecule has 3 aromatic heterocycles. The van der Waals surface area contributed by atoms with E-state index in [2.05, 4.69) is 50.1 Å². The molecule has 16 rings (SSSR count). The van der Waals surface area contributed by atoms with Gasteiger partial charge in [-0.2, -0.15) is 10.5 Å². The molecule has 5 N–H and O–H groups in total. The highest BCUT2D eigenvalue weighted by Crippen LogP contribution is 2.48. The lowest BCUT2D eigenvalue weighted by Gasteiger charge is -2.29. The maximum atomic E-state index is 14.4. The van der Waals surface area contributed by atoms with Crippen LogP contribution in [0.15, 0.2) is 218 Å². The van der Waals surface area contributed by atoms with Crippen molar-refractivity contribution in [1.82, 2.24) is 25.6 Å². The van der Waals surface area contributed by atoms with Crippen molar-refractivity contribution >= 4 is 64.3 Å². The topological polar surface area (TPSA) is 327 Å². The molecule has 2 fully saturated rings. The third-order valence-corrected chi connectivity index (χ3v) is 18.2. The zero-order valence-electron chi connectivity index (χ0n) is 63.6. The van der Waals surface area contributed by atoms with Gasteiger partial charge in [0.1, 0.15) is 34.6 Å². The van der Waals surface area contributed by atoms with Crippen LogP contribution < -0.4 is 40.7 Å². The van der Waals surface area contributed by atoms with Gasteiger partial charge >= 0.3 is 5.97 Å². The van der Waals surface area contributed by atoms with Gasteiger partial charge in [-0.05, 0) is 161 Å². The van der Waals surface area contributed by atoms with Gasteiger partial charge in [0.15, 0.2) is 6.10 Å². The highest BCUT2D eigenvalue weighted by atomic mass is 16.7. The minimum atomic E-state index is -1.16. The van der Waals surface area contributed by atoms with Gasteiger partial charge in [0.25, 0.3) is 29.5 Å². The minimum absolute atomic E-state index is 0.186. The summed E-state index contributed by atoms with van der Waals surface area (Å²) in [5, 5.41) is 37.0. The molecule has 6 amide bonds. The summed E-state index contributed by atoms with van der Waals surface area (Å²) < 4.78 is 23.8. The molecule has 9 heterocycles. The van der Waals surface area contributed by atoms with Crippen LogP contribution in [0, 0.1) is 35.5 Å². The molecule has 24 heteroatoms. The predicted molar refractivity (Wildman–Crippen MR) is 427 cm³/mol. The number of nitrogens with one attached hydrogen (secondary N) is 4. The number of pyridine rings is 3. The number of hydrogen-bond donors (Lipinski definition) is 5. The van der Waals surface area contributed by atoms with Crippen LogP contribution in [0.25, 0.3) is 11.1 Å². The average molecular weight is 1520 g/mol. The third-order valence-electron chi connectivity index (χ3n) is 18.2. The Morgan fingerprint density at radius 2 is 1.04 bits per heavy atom. The largest absolute Gasteiger partial charge is 0.493 e. The number of amides is 6. The number of nitriles is 2. The van der Waals surface area contributed by atoms with Crippen molar-refractivity contribution in [3.05, 3.63) is 291 Å². The molecule has 6 aliphatic heterocycles. The van der Waals surface area contributed by atoms with E-state index in [4.69, 9.17) is 34.3 Å². The van der Waals surface area contributed by atoms with Gasteiger partial charge in [-0.25, -0.2) is 19.9 Å². The van der Waals surface area contributed by atoms with E-state index >= 15 is 0 Å². The van der Waals surface area contributed by atoms with E-state index in [1.54, 1.807) is 108 Å². The maximum absolute atomic E-state index is 14.4. The van der Waals surface area contributed by atoms with Crippen LogP contribution in [0.2, 0.25) is 0 Å². The Bertz CT molecular complexity index is 4850. The molecule has 0 spiro atoms. The Labute approximate surface area is 656 Å². The van der Waals surface area contributed by atoms with Gasteiger partial charge in [0, 0.05) is 55.5 Å². The van der Waals surface area contributed by atoms with Crippen LogP contribution in [0.3, 0.4) is 0 Å². The summed E-state index contributed by atoms with van der Waals surface area (Å²) in [6.07, 6.45) is 4.75. The monoisotopic (exact) mass is 1520 g/mol. The number of unbranched alkanes of at least 4 members (excludes halogenated alkanes) is 4. The zero-order chi connectivity index (χ0) is 80.0. The summed E-state index contributed by atoms with van der Waals surface area (Å²) >= 11 is 0. The number of benzene rings is 7. The number of aliphatic carboxylic acids is 1. The Morgan fingerprint density at radius 1 is 0.540 bits per heavy atom. The number of carboxylic acids is 1. The number of fused-ring (bicyclic) bond motifs is 1. The number of ether oxygens (including phenoxy) is 4. The first-order valence-corrected chi connectivity index (χ1v) is 37.3. The molecule has 10 aromatic rings. The van der Waals surface area contributed by atoms with Crippen molar-refractivity contribution in [2.24, 2.45) is 5.92 Å². The molecule has 6 aliphatic rings. The number of aryl methyl sites for hydroxylation is 1. The second-order valence-corrected chi connectivity index (χ2v) is 26.7. The molecule has 2 saturated heterocycles. The van der Waals surface area contributed by atoms with Crippen LogP contribution in [-0.2, 0) is 74.6 Å². The number of carboxylic acid groups (broad SMARTS) is 1. The Kier molecular flexibility index (Phi) is 30.2. The van der Waals surface area contributed by atoms with Crippen molar-refractivity contribution in [2.75, 3.05) is 33.8 Å². The Morgan fingerprint density at radius 3 is 1.56 bits per heavy atom. The highest BCUT2D eigenvalue weighted by molar-refractivity contribution is 6.24. The molecule has 7 aromatic carbocycles. The van der Waals surface area contributed by atoms with E-state index in [1.807, 2.05) is 134 Å². The maximum Gasteiger partial charge on any atom is 0.307 e. The van der Waals surface area contributed by atoms with Crippen LogP contribution in [-0.4, -0.2) is 80.8 Å². The zero-order valence-corrected chi connectivity index (χ0v) is 63.6. The standard InChI is InChI=1S/C55H55N5O9.C30H28N4O4.2C2H3N/c1-4-6-8-29-67-45-32-41(33-46(34-45)68-30-9-7-5-2)53(64)57-42-23-19-37(20-24-42)38-21-27-44(28-22-38)60-50(39-15-17-40(18-16-39)52(63)58-47-12-10-11-35(3)56-47)49-51(69-60)55(66)59(54(49)65)43-25-13-36(14-26-43)31-48(61)62;35-29-27-5-2-6-28(34-27)30(36)32-16-22-9-13-24(14-10-22)18-38-20-26-4-1-3-25(33-26)19-37-17-23-11-7-21(8-12-23)15-31-29;2*1-2-3/h10-28,32-34,49-51H,4-9,29-31H2,1-3H3,(H,57,64)(H,61,62)(H,56,58,63);1-14H,15-20H2,(H,31,35)(H,32,36);2*1H3/t49-,50-,51+;;;/m0.../s1. The van der Waals surface area contributed by atoms with E-state index in [0.29, 0.717) is 109 Å². The predicted octanol–water partition coefficient (Wildman–Crippen LogP) is 15.5. The molecular formula is C89H89N11O13. The first-order chi connectivity index (χ1) is 54.9. The minimum Gasteiger partial charge on any atom is -0.493 e. The molecule has 0 unspecified atom stereocenters. The molecule has 578 valence electrons. The second kappa shape index (κ2) is 41.5. The summed E-state index contributed by atoms with van der Waals surface area (Å²) in [5.74, 6) is -2.72. The smallest absolute Gasteiger partial charge is 0.307 e. The van der Waals surface area contributed by atoms with E-state index in [0.717, 1.165) is 93.9 Å². The van der Waals surface area contributed by atoms with Crippen LogP contribution >= 0.6 is 0 Å². The molecule has 113 heavy (non-hydrogen) atoms. The molecule has 0 radical (unpaired) electrons. The SMILES string of the molecule is CC#N.CC#N.CCCCCOc1cc(OCCCCC)cc(C(=O)Nc2ccc(-c3ccc(N4O[C@H]5C(=O)N(c6ccc(CC(=O)O)cc6)C(=O)[C@H]5[C@@H]4c4ccc(C(=O)Nc5cccc(C)n5)cc4)cc3)cc2)c1.O=C1NCc2ccc(cc2)COCc2cccc(n2)COCc2ccc(cc2)CNC(=O)c2cccc1n2. The van der Waals surface area contributed by atoms with Crippen molar-refractivity contribution in [3.8, 4) is 34.8 Å². The van der Waals surface area contributed by atoms with Crippen LogP contribution in [0.1, 0.15) is 164 Å². The second-order valence-electron chi connectivity index (χ2n) is 26.7. The van der Waals surface area contributed by atoms with E-state index in [-0.39, 0.29) is 41.4 Å². The molecule has 0 aliphatic carbocycles. The fraction of sp³-hybridized carbons (Fsp3) is 0.258. The third kappa shape index (κ3) is 23.4. The average Bonchev–Trinajstić information content (AvgIpc) is 1.57. The number of carbonyl (C=O) groups is 7. The van der Waals surface area contributed by atoms with E-state index in [9.17, 15) is 38.7 Å². The quantitative estimate of drug-likeness (QED) is 0.0349. The van der Waals surface area contributed by atoms with Gasteiger partial charge in [-0.15, -0.1) is 0 Å². The van der Waals surface area contributed by atoms with Gasteiger partial charge in [-0.3, -0.25) is 43.4 Å². The fourth-order valence-corrected chi connectivity index (χ4v) is 12.5. The number of hydroxylamine groups is 1. The highest BCUT2D eigenvalue weighted by Gasteiger charge is 2.60. The lowest BCUT2D eigenvalue weighted by Crippen LogP contribution is -2.37. The summed E-state index contributed by atoms with van der Waals surface area (Å²) in [4.78, 5) is 113. The van der Waals surface area contributed by atoms with Crippen LogP contribution in [0.5, 0.6) is 11.5 Å². The number of carbonyl (C=O) groups excluding carboxylic acids is 6. The summed E-state index contributed by atoms with van der Waals surface area (Å²) in [6, 6.07) is 67.8. The number of nitrogens with zero attached hydrogens (tertiary/aromatic N) is 7. The van der Waals surface area contributed by atoms with Gasteiger partial charge in [0.2, 0.25) is 5.91 Å². The molecule has 0 saturated carbocycles. The van der Waals surface area contributed by atoms with Crippen molar-refractivity contribution in [1.29, 1.82) is 10.5 Å². The van der Waals surface area contributed by atoms with E-state index < -0.39 is 35.8 Å². The summed E-state index contributed by atoms with van der Waals surface area (Å²) in [7, 11) is 0. The first-order valence-electron chi connectivity index (χ1n) is 37.3. The lowest BCUT2D eigenvalue weighted by molar-refractivity contribution is -0.136. The number of rotatable bonds is 20. The van der Waals surface area contributed by atoms with Gasteiger partial charge < -0.3 is 45.3 Å². The normalized spacial score (nSPS) is 15.2. The number of imide groups is 1. The summed E-state index contributed by atoms with van der Waals surface area (Å²) in [5.41, 5.74) is 12.0. The number of aromatic nitrogens is 3. The number of hydrogen-bond acceptors (Lipinski definition) is 18. The van der Waals surface area contributed by atoms with Crippen molar-refractivity contribution in [2.45, 2.75) is 131 Å².